The van der Waals surface area contributed by atoms with Crippen molar-refractivity contribution < 1.29 is 4.74 Å². The highest BCUT2D eigenvalue weighted by atomic mass is 16.5. The van der Waals surface area contributed by atoms with Gasteiger partial charge < -0.3 is 10.1 Å². The van der Waals surface area contributed by atoms with Crippen molar-refractivity contribution in [2.45, 2.75) is 20.0 Å². The normalized spacial score (nSPS) is 19.8. The van der Waals surface area contributed by atoms with E-state index in [0.29, 0.717) is 0 Å². The molecule has 4 nitrogen and oxygen atoms in total. The van der Waals surface area contributed by atoms with E-state index in [4.69, 9.17) is 9.72 Å². The topological polar surface area (TPSA) is 37.4 Å². The Morgan fingerprint density at radius 2 is 2.24 bits per heavy atom. The molecule has 1 aliphatic rings. The number of ether oxygens (including phenoxy) is 1. The minimum Gasteiger partial charge on any atom is -0.374 e. The minimum atomic E-state index is 0.242. The number of benzene rings is 1. The molecule has 0 saturated carbocycles. The van der Waals surface area contributed by atoms with E-state index in [0.717, 1.165) is 44.1 Å². The Morgan fingerprint density at radius 3 is 3.10 bits per heavy atom. The number of pyridine rings is 1. The summed E-state index contributed by atoms with van der Waals surface area (Å²) in [6.07, 6.45) is 0.242. The second kappa shape index (κ2) is 6.41. The van der Waals surface area contributed by atoms with Gasteiger partial charge in [0.25, 0.3) is 0 Å². The van der Waals surface area contributed by atoms with Gasteiger partial charge in [-0.25, -0.2) is 4.98 Å². The third kappa shape index (κ3) is 3.34. The van der Waals surface area contributed by atoms with Gasteiger partial charge in [0.1, 0.15) is 5.82 Å². The maximum Gasteiger partial charge on any atom is 0.129 e. The van der Waals surface area contributed by atoms with Crippen LogP contribution < -0.4 is 5.32 Å². The lowest BCUT2D eigenvalue weighted by atomic mass is 10.1. The van der Waals surface area contributed by atoms with Crippen LogP contribution in [0.4, 0.5) is 5.82 Å². The summed E-state index contributed by atoms with van der Waals surface area (Å²) >= 11 is 0. The third-order valence-electron chi connectivity index (χ3n) is 4.08. The fourth-order valence-corrected chi connectivity index (χ4v) is 2.80. The van der Waals surface area contributed by atoms with Crippen LogP contribution >= 0.6 is 0 Å². The Bertz CT molecular complexity index is 614. The van der Waals surface area contributed by atoms with E-state index >= 15 is 0 Å². The van der Waals surface area contributed by atoms with Gasteiger partial charge in [0.15, 0.2) is 0 Å². The number of fused-ring (bicyclic) bond motifs is 1. The number of nitrogens with zero attached hydrogens (tertiary/aromatic N) is 2. The van der Waals surface area contributed by atoms with Crippen molar-refractivity contribution in [1.29, 1.82) is 0 Å². The first-order chi connectivity index (χ1) is 10.3. The van der Waals surface area contributed by atoms with Crippen LogP contribution in [0.2, 0.25) is 0 Å². The fraction of sp³-hybridized carbons (Fsp3) is 0.471. The first kappa shape index (κ1) is 14.3. The second-order valence-electron chi connectivity index (χ2n) is 5.61. The van der Waals surface area contributed by atoms with Crippen LogP contribution in [-0.2, 0) is 4.74 Å². The SMILES string of the molecule is CCN1CCOC(CNc2nc3ccccc3cc2C)C1. The molecule has 1 aliphatic heterocycles. The quantitative estimate of drug-likeness (QED) is 0.937. The summed E-state index contributed by atoms with van der Waals surface area (Å²) in [6.45, 7) is 9.06. The van der Waals surface area contributed by atoms with Crippen LogP contribution in [0.25, 0.3) is 10.9 Å². The molecular formula is C17H23N3O. The number of aromatic nitrogens is 1. The molecule has 2 aromatic rings. The van der Waals surface area contributed by atoms with Gasteiger partial charge in [0, 0.05) is 25.0 Å². The first-order valence-corrected chi connectivity index (χ1v) is 7.70. The van der Waals surface area contributed by atoms with Crippen molar-refractivity contribution >= 4 is 16.7 Å². The van der Waals surface area contributed by atoms with Gasteiger partial charge >= 0.3 is 0 Å². The molecule has 1 aromatic carbocycles. The van der Waals surface area contributed by atoms with Crippen LogP contribution in [0.15, 0.2) is 30.3 Å². The van der Waals surface area contributed by atoms with Crippen molar-refractivity contribution in [3.8, 4) is 0 Å². The second-order valence-corrected chi connectivity index (χ2v) is 5.61. The smallest absolute Gasteiger partial charge is 0.129 e. The average Bonchev–Trinajstić information content (AvgIpc) is 2.53. The van der Waals surface area contributed by atoms with Gasteiger partial charge in [-0.3, -0.25) is 4.90 Å². The van der Waals surface area contributed by atoms with Crippen molar-refractivity contribution in [3.05, 3.63) is 35.9 Å². The number of nitrogens with one attached hydrogen (secondary N) is 1. The van der Waals surface area contributed by atoms with Gasteiger partial charge in [-0.2, -0.15) is 0 Å². The predicted octanol–water partition coefficient (Wildman–Crippen LogP) is 2.68. The van der Waals surface area contributed by atoms with Gasteiger partial charge in [0.05, 0.1) is 18.2 Å². The van der Waals surface area contributed by atoms with Gasteiger partial charge in [0.2, 0.25) is 0 Å². The molecule has 1 atom stereocenters. The summed E-state index contributed by atoms with van der Waals surface area (Å²) in [5.74, 6) is 0.964. The molecular weight excluding hydrogens is 262 g/mol. The van der Waals surface area contributed by atoms with Crippen molar-refractivity contribution in [1.82, 2.24) is 9.88 Å². The van der Waals surface area contributed by atoms with E-state index in [1.165, 1.54) is 10.9 Å². The van der Waals surface area contributed by atoms with E-state index in [1.807, 2.05) is 12.1 Å². The van der Waals surface area contributed by atoms with Crippen LogP contribution in [0, 0.1) is 6.92 Å². The Hall–Kier alpha value is -1.65. The summed E-state index contributed by atoms with van der Waals surface area (Å²) in [6, 6.07) is 10.4. The van der Waals surface area contributed by atoms with Gasteiger partial charge in [-0.1, -0.05) is 25.1 Å². The molecule has 1 unspecified atom stereocenters. The van der Waals surface area contributed by atoms with E-state index in [-0.39, 0.29) is 6.10 Å². The zero-order chi connectivity index (χ0) is 14.7. The number of likely N-dealkylation sites (N-methyl/N-ethyl adjacent to an activating group) is 1. The third-order valence-corrected chi connectivity index (χ3v) is 4.08. The van der Waals surface area contributed by atoms with Crippen LogP contribution in [0.3, 0.4) is 0 Å². The summed E-state index contributed by atoms with van der Waals surface area (Å²) in [5, 5.41) is 4.64. The first-order valence-electron chi connectivity index (χ1n) is 7.70. The Morgan fingerprint density at radius 1 is 1.38 bits per heavy atom. The van der Waals surface area contributed by atoms with Crippen LogP contribution in [0.1, 0.15) is 12.5 Å². The minimum absolute atomic E-state index is 0.242. The molecule has 3 rings (SSSR count). The number of rotatable bonds is 4. The highest BCUT2D eigenvalue weighted by Crippen LogP contribution is 2.19. The number of morpholine rings is 1. The monoisotopic (exact) mass is 285 g/mol. The number of para-hydroxylation sites is 1. The Balaban J connectivity index is 1.68. The number of hydrogen-bond donors (Lipinski definition) is 1. The highest BCUT2D eigenvalue weighted by molar-refractivity contribution is 5.81. The lowest BCUT2D eigenvalue weighted by molar-refractivity contribution is -0.0192. The molecule has 0 spiro atoms. The van der Waals surface area contributed by atoms with Crippen LogP contribution in [0.5, 0.6) is 0 Å². The Kier molecular flexibility index (Phi) is 4.36. The highest BCUT2D eigenvalue weighted by Gasteiger charge is 2.19. The fourth-order valence-electron chi connectivity index (χ4n) is 2.80. The maximum atomic E-state index is 5.83. The molecule has 1 aromatic heterocycles. The van der Waals surface area contributed by atoms with E-state index in [1.54, 1.807) is 0 Å². The molecule has 1 N–H and O–H groups in total. The van der Waals surface area contributed by atoms with E-state index in [2.05, 4.69) is 42.3 Å². The number of anilines is 1. The van der Waals surface area contributed by atoms with E-state index in [9.17, 15) is 0 Å². The molecule has 1 saturated heterocycles. The summed E-state index contributed by atoms with van der Waals surface area (Å²) in [4.78, 5) is 7.15. The van der Waals surface area contributed by atoms with Crippen LogP contribution in [-0.4, -0.2) is 48.8 Å². The number of aryl methyl sites for hydroxylation is 1. The van der Waals surface area contributed by atoms with Crippen molar-refractivity contribution in [2.75, 3.05) is 38.1 Å². The molecule has 4 heteroatoms. The largest absolute Gasteiger partial charge is 0.374 e. The molecule has 2 heterocycles. The zero-order valence-corrected chi connectivity index (χ0v) is 12.8. The lowest BCUT2D eigenvalue weighted by Gasteiger charge is -2.32. The summed E-state index contributed by atoms with van der Waals surface area (Å²) in [7, 11) is 0. The summed E-state index contributed by atoms with van der Waals surface area (Å²) in [5.41, 5.74) is 2.21. The molecule has 1 fully saturated rings. The molecule has 0 radical (unpaired) electrons. The van der Waals surface area contributed by atoms with E-state index < -0.39 is 0 Å². The molecule has 0 amide bonds. The van der Waals surface area contributed by atoms with Crippen molar-refractivity contribution in [2.24, 2.45) is 0 Å². The molecule has 21 heavy (non-hydrogen) atoms. The predicted molar refractivity (Wildman–Crippen MR) is 86.8 cm³/mol. The van der Waals surface area contributed by atoms with Crippen molar-refractivity contribution in [3.63, 3.8) is 0 Å². The van der Waals surface area contributed by atoms with Gasteiger partial charge in [-0.05, 0) is 31.2 Å². The Labute approximate surface area is 126 Å². The maximum absolute atomic E-state index is 5.83. The summed E-state index contributed by atoms with van der Waals surface area (Å²) < 4.78 is 5.83. The zero-order valence-electron chi connectivity index (χ0n) is 12.8. The average molecular weight is 285 g/mol. The van der Waals surface area contributed by atoms with Gasteiger partial charge in [-0.15, -0.1) is 0 Å². The molecule has 0 bridgehead atoms. The number of hydrogen-bond acceptors (Lipinski definition) is 4. The lowest BCUT2D eigenvalue weighted by Crippen LogP contribution is -2.45. The standard InChI is InChI=1S/C17H23N3O/c1-3-20-8-9-21-15(12-20)11-18-17-13(2)10-14-6-4-5-7-16(14)19-17/h4-7,10,15H,3,8-9,11-12H2,1-2H3,(H,18,19). The molecule has 112 valence electrons. The molecule has 0 aliphatic carbocycles.